The number of hydrogen-bond donors (Lipinski definition) is 1. The lowest BCUT2D eigenvalue weighted by molar-refractivity contribution is 0.0163. The van der Waals surface area contributed by atoms with Crippen molar-refractivity contribution >= 4 is 10.2 Å². The van der Waals surface area contributed by atoms with Crippen LogP contribution >= 0.6 is 0 Å². The second kappa shape index (κ2) is 8.67. The Hall–Kier alpha value is -1.84. The van der Waals surface area contributed by atoms with E-state index in [9.17, 15) is 8.42 Å². The Labute approximate surface area is 166 Å². The molecule has 4 rings (SSSR count). The van der Waals surface area contributed by atoms with E-state index in [1.807, 2.05) is 36.4 Å². The molecule has 0 amide bonds. The summed E-state index contributed by atoms with van der Waals surface area (Å²) in [5.74, 6) is 0. The van der Waals surface area contributed by atoms with Gasteiger partial charge >= 0.3 is 0 Å². The number of nitrogens with one attached hydrogen (secondary N) is 1. The van der Waals surface area contributed by atoms with Gasteiger partial charge in [0.1, 0.15) is 0 Å². The van der Waals surface area contributed by atoms with Gasteiger partial charge in [-0.1, -0.05) is 30.3 Å². The number of fused-ring (bicyclic) bond motifs is 1. The zero-order chi connectivity index (χ0) is 19.4. The first-order valence-corrected chi connectivity index (χ1v) is 11.1. The van der Waals surface area contributed by atoms with E-state index < -0.39 is 10.2 Å². The maximum atomic E-state index is 13.0. The number of pyridine rings is 1. The fraction of sp³-hybridized carbons (Fsp3) is 0.450. The minimum atomic E-state index is -3.57. The molecule has 1 unspecified atom stereocenters. The standard InChI is InChI=1S/C20H26N4O3S/c25-28(26,24-10-8-17-5-1-2-6-18(17)16-24)22-15-20(19-7-3-4-9-21-19)23-11-13-27-14-12-23/h1-7,9,20,22H,8,10-16H2. The maximum Gasteiger partial charge on any atom is 0.279 e. The van der Waals surface area contributed by atoms with Crippen molar-refractivity contribution in [1.82, 2.24) is 18.9 Å². The van der Waals surface area contributed by atoms with Crippen molar-refractivity contribution in [3.8, 4) is 0 Å². The van der Waals surface area contributed by atoms with Gasteiger partial charge in [0, 0.05) is 38.9 Å². The van der Waals surface area contributed by atoms with E-state index in [0.29, 0.717) is 26.3 Å². The van der Waals surface area contributed by atoms with Gasteiger partial charge in [-0.2, -0.15) is 12.7 Å². The Kier molecular flexibility index (Phi) is 6.03. The lowest BCUT2D eigenvalue weighted by Crippen LogP contribution is -2.48. The number of hydrogen-bond acceptors (Lipinski definition) is 5. The van der Waals surface area contributed by atoms with Gasteiger partial charge in [0.05, 0.1) is 24.9 Å². The molecule has 2 aliphatic heterocycles. The predicted octanol–water partition coefficient (Wildman–Crippen LogP) is 1.35. The van der Waals surface area contributed by atoms with Crippen LogP contribution in [0.3, 0.4) is 0 Å². The fourth-order valence-corrected chi connectivity index (χ4v) is 5.03. The van der Waals surface area contributed by atoms with E-state index in [4.69, 9.17) is 4.74 Å². The van der Waals surface area contributed by atoms with E-state index in [1.54, 1.807) is 6.20 Å². The molecule has 1 aromatic carbocycles. The fourth-order valence-electron chi connectivity index (χ4n) is 3.83. The molecule has 0 spiro atoms. The summed E-state index contributed by atoms with van der Waals surface area (Å²) in [4.78, 5) is 6.70. The van der Waals surface area contributed by atoms with Crippen molar-refractivity contribution in [2.45, 2.75) is 19.0 Å². The van der Waals surface area contributed by atoms with E-state index in [1.165, 1.54) is 9.87 Å². The lowest BCUT2D eigenvalue weighted by atomic mass is 10.0. The van der Waals surface area contributed by atoms with Gasteiger partial charge in [-0.3, -0.25) is 9.88 Å². The Morgan fingerprint density at radius 3 is 2.54 bits per heavy atom. The molecule has 28 heavy (non-hydrogen) atoms. The smallest absolute Gasteiger partial charge is 0.279 e. The van der Waals surface area contributed by atoms with Gasteiger partial charge in [0.15, 0.2) is 0 Å². The molecular formula is C20H26N4O3S. The quantitative estimate of drug-likeness (QED) is 0.790. The SMILES string of the molecule is O=S(=O)(NCC(c1ccccn1)N1CCOCC1)N1CCc2ccccc2C1. The maximum absolute atomic E-state index is 13.0. The molecule has 0 bridgehead atoms. The van der Waals surface area contributed by atoms with Gasteiger partial charge in [0.25, 0.3) is 10.2 Å². The summed E-state index contributed by atoms with van der Waals surface area (Å²) in [5, 5.41) is 0. The summed E-state index contributed by atoms with van der Waals surface area (Å²) in [7, 11) is -3.57. The van der Waals surface area contributed by atoms with Crippen molar-refractivity contribution in [2.24, 2.45) is 0 Å². The topological polar surface area (TPSA) is 74.8 Å². The van der Waals surface area contributed by atoms with Crippen LogP contribution in [0, 0.1) is 0 Å². The van der Waals surface area contributed by atoms with Crippen LogP contribution < -0.4 is 4.72 Å². The lowest BCUT2D eigenvalue weighted by Gasteiger charge is -2.35. The van der Waals surface area contributed by atoms with E-state index in [0.717, 1.165) is 30.8 Å². The van der Waals surface area contributed by atoms with Crippen LogP contribution in [0.15, 0.2) is 48.7 Å². The number of ether oxygens (including phenoxy) is 1. The average Bonchev–Trinajstić information content (AvgIpc) is 2.75. The highest BCUT2D eigenvalue weighted by Gasteiger charge is 2.29. The van der Waals surface area contributed by atoms with Gasteiger partial charge in [0.2, 0.25) is 0 Å². The Morgan fingerprint density at radius 1 is 1.04 bits per heavy atom. The monoisotopic (exact) mass is 402 g/mol. The van der Waals surface area contributed by atoms with Gasteiger partial charge in [-0.25, -0.2) is 4.72 Å². The third kappa shape index (κ3) is 4.42. The summed E-state index contributed by atoms with van der Waals surface area (Å²) in [6, 6.07) is 13.7. The zero-order valence-corrected chi connectivity index (χ0v) is 16.6. The molecule has 1 fully saturated rings. The van der Waals surface area contributed by atoms with Gasteiger partial charge in [-0.15, -0.1) is 0 Å². The van der Waals surface area contributed by atoms with Crippen LogP contribution in [-0.4, -0.2) is 62.0 Å². The van der Waals surface area contributed by atoms with E-state index >= 15 is 0 Å². The first-order chi connectivity index (χ1) is 13.6. The first kappa shape index (κ1) is 19.5. The summed E-state index contributed by atoms with van der Waals surface area (Å²) < 4.78 is 35.7. The molecule has 1 atom stereocenters. The number of aromatic nitrogens is 1. The van der Waals surface area contributed by atoms with E-state index in [-0.39, 0.29) is 12.6 Å². The Morgan fingerprint density at radius 2 is 1.79 bits per heavy atom. The highest BCUT2D eigenvalue weighted by atomic mass is 32.2. The van der Waals surface area contributed by atoms with Crippen molar-refractivity contribution in [1.29, 1.82) is 0 Å². The molecular weight excluding hydrogens is 376 g/mol. The Balaban J connectivity index is 1.47. The Bertz CT molecular complexity index is 885. The average molecular weight is 403 g/mol. The molecule has 1 saturated heterocycles. The number of nitrogens with zero attached hydrogens (tertiary/aromatic N) is 3. The normalized spacial score (nSPS) is 19.9. The third-order valence-corrected chi connectivity index (χ3v) is 6.93. The van der Waals surface area contributed by atoms with Gasteiger partial charge < -0.3 is 4.74 Å². The molecule has 0 radical (unpaired) electrons. The minimum Gasteiger partial charge on any atom is -0.379 e. The van der Waals surface area contributed by atoms with Crippen LogP contribution in [-0.2, 0) is 27.9 Å². The van der Waals surface area contributed by atoms with Crippen molar-refractivity contribution in [3.63, 3.8) is 0 Å². The predicted molar refractivity (Wildman–Crippen MR) is 107 cm³/mol. The summed E-state index contributed by atoms with van der Waals surface area (Å²) >= 11 is 0. The summed E-state index contributed by atoms with van der Waals surface area (Å²) in [5.41, 5.74) is 3.18. The summed E-state index contributed by atoms with van der Waals surface area (Å²) in [6.07, 6.45) is 2.49. The molecule has 8 heteroatoms. The van der Waals surface area contributed by atoms with Gasteiger partial charge in [-0.05, 0) is 29.7 Å². The van der Waals surface area contributed by atoms with Crippen LogP contribution in [0.25, 0.3) is 0 Å². The molecule has 3 heterocycles. The molecule has 1 N–H and O–H groups in total. The molecule has 2 aromatic rings. The van der Waals surface area contributed by atoms with E-state index in [2.05, 4.69) is 20.7 Å². The van der Waals surface area contributed by atoms with Crippen LogP contribution in [0.5, 0.6) is 0 Å². The highest BCUT2D eigenvalue weighted by Crippen LogP contribution is 2.22. The number of rotatable bonds is 6. The molecule has 0 saturated carbocycles. The first-order valence-electron chi connectivity index (χ1n) is 9.68. The van der Waals surface area contributed by atoms with Crippen LogP contribution in [0.4, 0.5) is 0 Å². The minimum absolute atomic E-state index is 0.114. The molecule has 2 aliphatic rings. The molecule has 0 aliphatic carbocycles. The van der Waals surface area contributed by atoms with Crippen LogP contribution in [0.2, 0.25) is 0 Å². The third-order valence-electron chi connectivity index (χ3n) is 5.41. The molecule has 7 nitrogen and oxygen atoms in total. The van der Waals surface area contributed by atoms with Crippen molar-refractivity contribution in [2.75, 3.05) is 39.4 Å². The van der Waals surface area contributed by atoms with Crippen molar-refractivity contribution in [3.05, 3.63) is 65.5 Å². The molecule has 150 valence electrons. The van der Waals surface area contributed by atoms with Crippen LogP contribution in [0.1, 0.15) is 22.9 Å². The largest absolute Gasteiger partial charge is 0.379 e. The molecule has 1 aromatic heterocycles. The number of benzene rings is 1. The second-order valence-electron chi connectivity index (χ2n) is 7.12. The zero-order valence-electron chi connectivity index (χ0n) is 15.8. The van der Waals surface area contributed by atoms with Crippen molar-refractivity contribution < 1.29 is 13.2 Å². The summed E-state index contributed by atoms with van der Waals surface area (Å²) in [6.45, 7) is 4.03. The number of morpholine rings is 1. The highest BCUT2D eigenvalue weighted by molar-refractivity contribution is 7.87. The second-order valence-corrected chi connectivity index (χ2v) is 8.88.